The fourth-order valence-corrected chi connectivity index (χ4v) is 2.73. The third-order valence-electron chi connectivity index (χ3n) is 3.40. The summed E-state index contributed by atoms with van der Waals surface area (Å²) < 4.78 is 7.43. The lowest BCUT2D eigenvalue weighted by Gasteiger charge is -2.15. The van der Waals surface area contributed by atoms with Gasteiger partial charge in [0.25, 0.3) is 0 Å². The number of ether oxygens (including phenoxy) is 1. The highest BCUT2D eigenvalue weighted by molar-refractivity contribution is 6.76. The molecule has 1 aromatic carbocycles. The van der Waals surface area contributed by atoms with Crippen molar-refractivity contribution < 1.29 is 10.2 Å². The summed E-state index contributed by atoms with van der Waals surface area (Å²) in [5.41, 5.74) is 9.34. The molecule has 0 aliphatic carbocycles. The minimum atomic E-state index is -1.06. The van der Waals surface area contributed by atoms with E-state index < -0.39 is 8.07 Å². The van der Waals surface area contributed by atoms with Gasteiger partial charge >= 0.3 is 0 Å². The van der Waals surface area contributed by atoms with Crippen molar-refractivity contribution in [2.24, 2.45) is 0 Å². The van der Waals surface area contributed by atoms with Crippen LogP contribution < -0.4 is 11.2 Å². The van der Waals surface area contributed by atoms with E-state index in [0.717, 1.165) is 29.3 Å². The minimum Gasteiger partial charge on any atom is -0.630 e. The van der Waals surface area contributed by atoms with Crippen molar-refractivity contribution in [1.29, 1.82) is 0 Å². The predicted octanol–water partition coefficient (Wildman–Crippen LogP) is 2.14. The molecule has 0 saturated carbocycles. The van der Waals surface area contributed by atoms with E-state index >= 15 is 0 Å². The van der Waals surface area contributed by atoms with Crippen LogP contribution in [0.5, 0.6) is 0 Å². The minimum absolute atomic E-state index is 0.444. The summed E-state index contributed by atoms with van der Waals surface area (Å²) in [5, 5.41) is 15.2. The molecule has 2 aromatic rings. The Morgan fingerprint density at radius 3 is 2.77 bits per heavy atom. The number of rotatable bonds is 7. The fraction of sp³-hybridized carbons (Fsp3) is 0.400. The quantitative estimate of drug-likeness (QED) is 0.354. The smallest absolute Gasteiger partial charge is 0.153 e. The second-order valence-electron chi connectivity index (χ2n) is 6.58. The average Bonchev–Trinajstić information content (AvgIpc) is 2.92. The van der Waals surface area contributed by atoms with Crippen LogP contribution in [-0.4, -0.2) is 24.5 Å². The van der Waals surface area contributed by atoms with Gasteiger partial charge in [0.05, 0.1) is 11.9 Å². The fourth-order valence-electron chi connectivity index (χ4n) is 1.98. The Kier molecular flexibility index (Phi) is 5.36. The van der Waals surface area contributed by atoms with Gasteiger partial charge in [-0.05, 0) is 17.7 Å². The van der Waals surface area contributed by atoms with Crippen molar-refractivity contribution in [2.45, 2.75) is 32.4 Å². The number of anilines is 1. The van der Waals surface area contributed by atoms with E-state index in [1.54, 1.807) is 23.0 Å². The number of nitrogen functional groups attached to an aromatic ring is 1. The van der Waals surface area contributed by atoms with Crippen molar-refractivity contribution in [3.63, 3.8) is 0 Å². The van der Waals surface area contributed by atoms with Gasteiger partial charge in [-0.25, -0.2) is 4.68 Å². The maximum atomic E-state index is 11.0. The van der Waals surface area contributed by atoms with E-state index in [1.165, 1.54) is 0 Å². The molecule has 0 amide bonds. The summed E-state index contributed by atoms with van der Waals surface area (Å²) in [6.45, 7) is 8.19. The summed E-state index contributed by atoms with van der Waals surface area (Å²) in [6.07, 6.45) is 3.68. The highest BCUT2D eigenvalue weighted by Gasteiger charge is 2.12. The Bertz CT molecular complexity index is 622. The SMILES string of the molecule is C[Si](C)(C)CCOCn1cc(-c2ccc(N)c([NH2+][O-])c2)cn1. The molecule has 22 heavy (non-hydrogen) atoms. The van der Waals surface area contributed by atoms with Gasteiger partial charge in [-0.3, -0.25) is 0 Å². The highest BCUT2D eigenvalue weighted by atomic mass is 28.3. The zero-order valence-corrected chi connectivity index (χ0v) is 14.4. The molecule has 0 saturated heterocycles. The van der Waals surface area contributed by atoms with E-state index in [1.807, 2.05) is 12.3 Å². The lowest BCUT2D eigenvalue weighted by atomic mass is 10.1. The van der Waals surface area contributed by atoms with Crippen LogP contribution in [-0.2, 0) is 11.5 Å². The zero-order chi connectivity index (χ0) is 16.2. The van der Waals surface area contributed by atoms with Gasteiger partial charge < -0.3 is 21.2 Å². The first-order valence-corrected chi connectivity index (χ1v) is 11.0. The lowest BCUT2D eigenvalue weighted by molar-refractivity contribution is -0.496. The summed E-state index contributed by atoms with van der Waals surface area (Å²) in [7, 11) is -1.06. The molecule has 2 rings (SSSR count). The number of hydrogen-bond acceptors (Lipinski definition) is 4. The molecule has 0 aliphatic heterocycles. The molecule has 7 heteroatoms. The molecular formula is C15H24N4O2Si. The number of hydrogen-bond donors (Lipinski definition) is 2. The molecule has 0 fully saturated rings. The molecule has 0 atom stereocenters. The van der Waals surface area contributed by atoms with Gasteiger partial charge in [0, 0.05) is 32.5 Å². The van der Waals surface area contributed by atoms with Gasteiger partial charge in [0.15, 0.2) is 5.69 Å². The van der Waals surface area contributed by atoms with Gasteiger partial charge in [-0.1, -0.05) is 25.7 Å². The average molecular weight is 320 g/mol. The number of aromatic nitrogens is 2. The first kappa shape index (κ1) is 16.7. The van der Waals surface area contributed by atoms with Crippen LogP contribution in [0.25, 0.3) is 11.1 Å². The number of nitrogens with zero attached hydrogens (tertiary/aromatic N) is 2. The van der Waals surface area contributed by atoms with Gasteiger partial charge in [-0.2, -0.15) is 5.10 Å². The zero-order valence-electron chi connectivity index (χ0n) is 13.4. The molecule has 0 spiro atoms. The van der Waals surface area contributed by atoms with Crippen LogP contribution in [0, 0.1) is 5.21 Å². The Morgan fingerprint density at radius 1 is 1.32 bits per heavy atom. The topological polar surface area (TPSA) is 92.7 Å². The monoisotopic (exact) mass is 320 g/mol. The van der Waals surface area contributed by atoms with E-state index in [2.05, 4.69) is 24.7 Å². The van der Waals surface area contributed by atoms with Crippen molar-refractivity contribution in [3.8, 4) is 11.1 Å². The lowest BCUT2D eigenvalue weighted by Crippen LogP contribution is -2.70. The van der Waals surface area contributed by atoms with Gasteiger partial charge in [0.1, 0.15) is 6.73 Å². The summed E-state index contributed by atoms with van der Waals surface area (Å²) >= 11 is 0. The van der Waals surface area contributed by atoms with Crippen LogP contribution in [0.15, 0.2) is 30.6 Å². The number of nitrogens with two attached hydrogens (primary N) is 2. The van der Waals surface area contributed by atoms with Crippen molar-refractivity contribution in [1.82, 2.24) is 9.78 Å². The Balaban J connectivity index is 1.96. The largest absolute Gasteiger partial charge is 0.630 e. The molecule has 1 heterocycles. The maximum Gasteiger partial charge on any atom is 0.153 e. The van der Waals surface area contributed by atoms with E-state index in [4.69, 9.17) is 10.5 Å². The predicted molar refractivity (Wildman–Crippen MR) is 91.1 cm³/mol. The third-order valence-corrected chi connectivity index (χ3v) is 5.10. The normalized spacial score (nSPS) is 11.8. The third kappa shape index (κ3) is 4.67. The molecule has 0 unspecified atom stereocenters. The number of benzene rings is 1. The summed E-state index contributed by atoms with van der Waals surface area (Å²) in [5.74, 6) is 0. The van der Waals surface area contributed by atoms with Crippen molar-refractivity contribution in [2.75, 3.05) is 12.3 Å². The van der Waals surface area contributed by atoms with Crippen LogP contribution in [0.2, 0.25) is 25.7 Å². The highest BCUT2D eigenvalue weighted by Crippen LogP contribution is 2.24. The Morgan fingerprint density at radius 2 is 2.09 bits per heavy atom. The molecule has 0 aliphatic rings. The Hall–Kier alpha value is -1.67. The Labute approximate surface area is 131 Å². The van der Waals surface area contributed by atoms with Crippen LogP contribution in [0.3, 0.4) is 0 Å². The summed E-state index contributed by atoms with van der Waals surface area (Å²) in [6, 6.07) is 6.54. The molecule has 0 bridgehead atoms. The van der Waals surface area contributed by atoms with Crippen molar-refractivity contribution >= 4 is 19.4 Å². The molecular weight excluding hydrogens is 296 g/mol. The molecule has 1 aromatic heterocycles. The van der Waals surface area contributed by atoms with Crippen LogP contribution in [0.1, 0.15) is 0 Å². The molecule has 120 valence electrons. The number of quaternary nitrogens is 1. The van der Waals surface area contributed by atoms with Crippen LogP contribution in [0.4, 0.5) is 11.4 Å². The molecule has 6 nitrogen and oxygen atoms in total. The van der Waals surface area contributed by atoms with Gasteiger partial charge in [0.2, 0.25) is 0 Å². The van der Waals surface area contributed by atoms with Crippen LogP contribution >= 0.6 is 0 Å². The molecule has 4 N–H and O–H groups in total. The first-order valence-electron chi connectivity index (χ1n) is 7.34. The van der Waals surface area contributed by atoms with Gasteiger partial charge in [-0.15, -0.1) is 0 Å². The second kappa shape index (κ2) is 7.06. The van der Waals surface area contributed by atoms with E-state index in [0.29, 0.717) is 18.1 Å². The van der Waals surface area contributed by atoms with E-state index in [9.17, 15) is 5.21 Å². The molecule has 0 radical (unpaired) electrons. The second-order valence-corrected chi connectivity index (χ2v) is 12.2. The van der Waals surface area contributed by atoms with E-state index in [-0.39, 0.29) is 0 Å². The maximum absolute atomic E-state index is 11.0. The standard InChI is InChI=1S/C15H24N4O2Si/c1-22(2,3)7-6-21-11-19-10-13(9-17-19)12-4-5-14(16)15(8-12)18-20/h4-5,8-10H,6-7,11,16,18H2,1-3H3. The van der Waals surface area contributed by atoms with Crippen molar-refractivity contribution in [3.05, 3.63) is 35.8 Å². The first-order chi connectivity index (χ1) is 10.4. The summed E-state index contributed by atoms with van der Waals surface area (Å²) in [4.78, 5) is 0.